The minimum atomic E-state index is 0.549. The van der Waals surface area contributed by atoms with Crippen LogP contribution in [0.4, 0.5) is 11.6 Å². The molecule has 196 valence electrons. The molecule has 7 nitrogen and oxygen atoms in total. The van der Waals surface area contributed by atoms with Crippen LogP contribution < -0.4 is 10.1 Å². The van der Waals surface area contributed by atoms with Crippen molar-refractivity contribution in [1.29, 1.82) is 0 Å². The largest absolute Gasteiger partial charge is 0.492 e. The fourth-order valence-electron chi connectivity index (χ4n) is 5.30. The molecule has 1 fully saturated rings. The third kappa shape index (κ3) is 5.90. The van der Waals surface area contributed by atoms with Gasteiger partial charge in [0.15, 0.2) is 5.76 Å². The predicted octanol–water partition coefficient (Wildman–Crippen LogP) is 5.82. The maximum absolute atomic E-state index is 6.30. The molecule has 0 unspecified atom stereocenters. The van der Waals surface area contributed by atoms with Gasteiger partial charge in [-0.2, -0.15) is 0 Å². The number of likely N-dealkylation sites (tertiary alicyclic amines) is 1. The molecule has 0 bridgehead atoms. The molecule has 2 aromatic carbocycles. The molecule has 0 atom stereocenters. The molecule has 0 radical (unpaired) electrons. The first-order chi connectivity index (χ1) is 18.7. The highest BCUT2D eigenvalue weighted by molar-refractivity contribution is 5.62. The Balaban J connectivity index is 1.09. The van der Waals surface area contributed by atoms with Gasteiger partial charge in [0, 0.05) is 50.0 Å². The molecule has 1 saturated heterocycles. The van der Waals surface area contributed by atoms with Crippen molar-refractivity contribution in [2.45, 2.75) is 39.3 Å². The van der Waals surface area contributed by atoms with Crippen LogP contribution in [0.3, 0.4) is 0 Å². The smallest absolute Gasteiger partial charge is 0.227 e. The van der Waals surface area contributed by atoms with Crippen molar-refractivity contribution >= 4 is 11.6 Å². The Hall–Kier alpha value is -3.68. The third-order valence-corrected chi connectivity index (χ3v) is 7.39. The number of anilines is 2. The summed E-state index contributed by atoms with van der Waals surface area (Å²) in [4.78, 5) is 14.3. The number of rotatable bonds is 9. The molecule has 1 N–H and O–H groups in total. The SMILES string of the molecule is Cc1cnc(Nc2ccc(OCCN3CCCC3)cc2)nc1-c1cc2c(o1)CCN(Cc1ccccc1)C2. The van der Waals surface area contributed by atoms with Crippen molar-refractivity contribution < 1.29 is 9.15 Å². The van der Waals surface area contributed by atoms with Crippen LogP contribution in [0.15, 0.2) is 71.3 Å². The quantitative estimate of drug-likeness (QED) is 0.305. The molecular formula is C31H35N5O2. The van der Waals surface area contributed by atoms with Crippen molar-refractivity contribution in [3.8, 4) is 17.2 Å². The molecule has 4 heterocycles. The van der Waals surface area contributed by atoms with E-state index in [0.29, 0.717) is 12.6 Å². The summed E-state index contributed by atoms with van der Waals surface area (Å²) in [5.74, 6) is 3.30. The lowest BCUT2D eigenvalue weighted by atomic mass is 10.1. The molecule has 2 aliphatic heterocycles. The number of aryl methyl sites for hydroxylation is 1. The summed E-state index contributed by atoms with van der Waals surface area (Å²) in [7, 11) is 0. The van der Waals surface area contributed by atoms with E-state index >= 15 is 0 Å². The number of ether oxygens (including phenoxy) is 1. The molecule has 0 spiro atoms. The zero-order chi connectivity index (χ0) is 25.7. The predicted molar refractivity (Wildman–Crippen MR) is 150 cm³/mol. The molecule has 0 aliphatic carbocycles. The average molecular weight is 510 g/mol. The Morgan fingerprint density at radius 2 is 1.79 bits per heavy atom. The van der Waals surface area contributed by atoms with Gasteiger partial charge in [-0.3, -0.25) is 9.80 Å². The summed E-state index contributed by atoms with van der Waals surface area (Å²) < 4.78 is 12.2. The van der Waals surface area contributed by atoms with E-state index < -0.39 is 0 Å². The lowest BCUT2D eigenvalue weighted by Crippen LogP contribution is -2.29. The summed E-state index contributed by atoms with van der Waals surface area (Å²) in [6, 6.07) is 20.8. The highest BCUT2D eigenvalue weighted by Crippen LogP contribution is 2.31. The van der Waals surface area contributed by atoms with Crippen molar-refractivity contribution in [3.63, 3.8) is 0 Å². The highest BCUT2D eigenvalue weighted by atomic mass is 16.5. The molecule has 0 amide bonds. The lowest BCUT2D eigenvalue weighted by molar-refractivity contribution is 0.234. The molecule has 2 aromatic heterocycles. The second-order valence-corrected chi connectivity index (χ2v) is 10.3. The molecule has 4 aromatic rings. The minimum Gasteiger partial charge on any atom is -0.492 e. The van der Waals surface area contributed by atoms with E-state index in [1.54, 1.807) is 0 Å². The fraction of sp³-hybridized carbons (Fsp3) is 0.355. The van der Waals surface area contributed by atoms with E-state index in [2.05, 4.69) is 56.5 Å². The van der Waals surface area contributed by atoms with Crippen molar-refractivity contribution in [3.05, 3.63) is 89.3 Å². The Kier molecular flexibility index (Phi) is 7.38. The molecular weight excluding hydrogens is 474 g/mol. The van der Waals surface area contributed by atoms with Crippen LogP contribution in [0.25, 0.3) is 11.5 Å². The van der Waals surface area contributed by atoms with Gasteiger partial charge in [-0.1, -0.05) is 30.3 Å². The van der Waals surface area contributed by atoms with Gasteiger partial charge in [0.05, 0.1) is 0 Å². The van der Waals surface area contributed by atoms with Crippen LogP contribution in [0.1, 0.15) is 35.3 Å². The Morgan fingerprint density at radius 3 is 2.61 bits per heavy atom. The van der Waals surface area contributed by atoms with Gasteiger partial charge in [-0.25, -0.2) is 9.97 Å². The van der Waals surface area contributed by atoms with Crippen molar-refractivity contribution in [2.75, 3.05) is 38.1 Å². The lowest BCUT2D eigenvalue weighted by Gasteiger charge is -2.25. The summed E-state index contributed by atoms with van der Waals surface area (Å²) in [5, 5.41) is 3.33. The van der Waals surface area contributed by atoms with E-state index in [1.165, 1.54) is 37.1 Å². The second kappa shape index (κ2) is 11.4. The van der Waals surface area contributed by atoms with E-state index in [0.717, 1.165) is 66.8 Å². The minimum absolute atomic E-state index is 0.549. The van der Waals surface area contributed by atoms with Crippen LogP contribution in [-0.4, -0.2) is 52.6 Å². The zero-order valence-corrected chi connectivity index (χ0v) is 22.0. The van der Waals surface area contributed by atoms with Gasteiger partial charge in [0.1, 0.15) is 23.8 Å². The zero-order valence-electron chi connectivity index (χ0n) is 22.0. The summed E-state index contributed by atoms with van der Waals surface area (Å²) in [6.45, 7) is 8.93. The molecule has 38 heavy (non-hydrogen) atoms. The molecule has 7 heteroatoms. The first-order valence-electron chi connectivity index (χ1n) is 13.6. The Morgan fingerprint density at radius 1 is 0.974 bits per heavy atom. The van der Waals surface area contributed by atoms with Gasteiger partial charge in [0.25, 0.3) is 0 Å². The third-order valence-electron chi connectivity index (χ3n) is 7.39. The van der Waals surface area contributed by atoms with E-state index in [9.17, 15) is 0 Å². The van der Waals surface area contributed by atoms with Gasteiger partial charge >= 0.3 is 0 Å². The van der Waals surface area contributed by atoms with E-state index in [4.69, 9.17) is 14.1 Å². The number of aromatic nitrogens is 2. The number of benzene rings is 2. The standard InChI is InChI=1S/C31H35N5O2/c1-23-20-32-31(33-26-9-11-27(12-10-26)37-18-17-35-14-5-6-15-35)34-30(23)29-19-25-22-36(16-13-28(25)38-29)21-24-7-3-2-4-8-24/h2-4,7-12,19-20H,5-6,13-18,21-22H2,1H3,(H,32,33,34). The highest BCUT2D eigenvalue weighted by Gasteiger charge is 2.22. The second-order valence-electron chi connectivity index (χ2n) is 10.3. The van der Waals surface area contributed by atoms with Crippen LogP contribution in [0.5, 0.6) is 5.75 Å². The molecule has 6 rings (SSSR count). The fourth-order valence-corrected chi connectivity index (χ4v) is 5.30. The van der Waals surface area contributed by atoms with Crippen LogP contribution in [0, 0.1) is 6.92 Å². The van der Waals surface area contributed by atoms with E-state index in [-0.39, 0.29) is 0 Å². The first-order valence-corrected chi connectivity index (χ1v) is 13.6. The van der Waals surface area contributed by atoms with Gasteiger partial charge < -0.3 is 14.5 Å². The van der Waals surface area contributed by atoms with Crippen molar-refractivity contribution in [1.82, 2.24) is 19.8 Å². The van der Waals surface area contributed by atoms with Crippen LogP contribution >= 0.6 is 0 Å². The number of hydrogen-bond acceptors (Lipinski definition) is 7. The van der Waals surface area contributed by atoms with E-state index in [1.807, 2.05) is 37.4 Å². The normalized spacial score (nSPS) is 15.9. The monoisotopic (exact) mass is 509 g/mol. The first kappa shape index (κ1) is 24.6. The Bertz CT molecular complexity index is 1350. The van der Waals surface area contributed by atoms with Gasteiger partial charge in [-0.05, 0) is 74.3 Å². The summed E-state index contributed by atoms with van der Waals surface area (Å²) in [6.07, 6.45) is 5.37. The Labute approximate surface area is 224 Å². The van der Waals surface area contributed by atoms with Crippen molar-refractivity contribution in [2.24, 2.45) is 0 Å². The average Bonchev–Trinajstić information content (AvgIpc) is 3.61. The number of nitrogens with one attached hydrogen (secondary N) is 1. The maximum Gasteiger partial charge on any atom is 0.227 e. The van der Waals surface area contributed by atoms with Crippen LogP contribution in [-0.2, 0) is 19.5 Å². The number of fused-ring (bicyclic) bond motifs is 1. The summed E-state index contributed by atoms with van der Waals surface area (Å²) in [5.41, 5.74) is 5.32. The number of nitrogens with zero attached hydrogens (tertiary/aromatic N) is 4. The summed E-state index contributed by atoms with van der Waals surface area (Å²) >= 11 is 0. The van der Waals surface area contributed by atoms with Gasteiger partial charge in [-0.15, -0.1) is 0 Å². The van der Waals surface area contributed by atoms with Crippen LogP contribution in [0.2, 0.25) is 0 Å². The number of furan rings is 1. The number of hydrogen-bond donors (Lipinski definition) is 1. The topological polar surface area (TPSA) is 66.7 Å². The maximum atomic E-state index is 6.30. The molecule has 0 saturated carbocycles. The van der Waals surface area contributed by atoms with Gasteiger partial charge in [0.2, 0.25) is 5.95 Å². The molecule has 2 aliphatic rings.